The molecular weight excluding hydrogens is 406 g/mol. The van der Waals surface area contributed by atoms with Crippen LogP contribution in [0.15, 0.2) is 79.0 Å². The summed E-state index contributed by atoms with van der Waals surface area (Å²) < 4.78 is 17.6. The lowest BCUT2D eigenvalue weighted by atomic mass is 10.1. The van der Waals surface area contributed by atoms with Gasteiger partial charge in [0.15, 0.2) is 5.78 Å². The average molecular weight is 429 g/mol. The van der Waals surface area contributed by atoms with E-state index in [0.717, 1.165) is 22.6 Å². The minimum Gasteiger partial charge on any atom is -0.497 e. The lowest BCUT2D eigenvalue weighted by Crippen LogP contribution is -2.11. The normalized spacial score (nSPS) is 10.6. The lowest BCUT2D eigenvalue weighted by Gasteiger charge is -2.07. The zero-order valence-electron chi connectivity index (χ0n) is 17.9. The fraction of sp³-hybridized carbons (Fsp3) is 0.160. The molecular formula is C25H23N3O4. The van der Waals surface area contributed by atoms with Crippen LogP contribution in [0.2, 0.25) is 0 Å². The second kappa shape index (κ2) is 9.78. The first kappa shape index (κ1) is 21.1. The minimum absolute atomic E-state index is 0.0563. The summed E-state index contributed by atoms with van der Waals surface area (Å²) >= 11 is 0. The van der Waals surface area contributed by atoms with Crippen molar-refractivity contribution in [3.05, 3.63) is 90.3 Å². The van der Waals surface area contributed by atoms with E-state index in [-0.39, 0.29) is 18.9 Å². The first-order valence-corrected chi connectivity index (χ1v) is 10.1. The van der Waals surface area contributed by atoms with Crippen LogP contribution in [0.5, 0.6) is 17.2 Å². The number of rotatable bonds is 9. The summed E-state index contributed by atoms with van der Waals surface area (Å²) in [6, 6.07) is 22.7. The number of hydrogen-bond acceptors (Lipinski definition) is 6. The van der Waals surface area contributed by atoms with Gasteiger partial charge in [-0.05, 0) is 59.7 Å². The van der Waals surface area contributed by atoms with Crippen LogP contribution in [0.25, 0.3) is 11.1 Å². The van der Waals surface area contributed by atoms with Crippen molar-refractivity contribution in [1.82, 2.24) is 15.0 Å². The minimum atomic E-state index is -0.0563. The molecule has 0 unspecified atom stereocenters. The van der Waals surface area contributed by atoms with E-state index in [1.807, 2.05) is 48.5 Å². The van der Waals surface area contributed by atoms with Gasteiger partial charge in [0.1, 0.15) is 36.1 Å². The Morgan fingerprint density at radius 1 is 0.781 bits per heavy atom. The Kier molecular flexibility index (Phi) is 6.46. The third-order valence-corrected chi connectivity index (χ3v) is 4.97. The number of nitrogens with zero attached hydrogens (tertiary/aromatic N) is 3. The van der Waals surface area contributed by atoms with Gasteiger partial charge in [-0.25, -0.2) is 4.68 Å². The summed E-state index contributed by atoms with van der Waals surface area (Å²) in [5.41, 5.74) is 3.42. The maximum absolute atomic E-state index is 12.4. The average Bonchev–Trinajstić information content (AvgIpc) is 3.30. The number of methoxy groups -OCH3 is 2. The van der Waals surface area contributed by atoms with E-state index in [1.54, 1.807) is 44.7 Å². The Balaban J connectivity index is 1.32. The number of ketones is 1. The van der Waals surface area contributed by atoms with Gasteiger partial charge in [-0.3, -0.25) is 4.79 Å². The van der Waals surface area contributed by atoms with Crippen molar-refractivity contribution in [3.8, 4) is 28.4 Å². The van der Waals surface area contributed by atoms with Crippen LogP contribution in [-0.2, 0) is 13.2 Å². The highest BCUT2D eigenvalue weighted by atomic mass is 16.5. The summed E-state index contributed by atoms with van der Waals surface area (Å²) in [7, 11) is 3.24. The van der Waals surface area contributed by atoms with Gasteiger partial charge in [0.2, 0.25) is 0 Å². The van der Waals surface area contributed by atoms with E-state index in [2.05, 4.69) is 10.3 Å². The highest BCUT2D eigenvalue weighted by Gasteiger charge is 2.10. The summed E-state index contributed by atoms with van der Waals surface area (Å²) in [6.07, 6.45) is 1.72. The van der Waals surface area contributed by atoms with Gasteiger partial charge in [-0.2, -0.15) is 0 Å². The molecule has 7 heteroatoms. The summed E-state index contributed by atoms with van der Waals surface area (Å²) in [6.45, 7) is 0.370. The Bertz CT molecular complexity index is 1170. The van der Waals surface area contributed by atoms with Gasteiger partial charge in [0.25, 0.3) is 0 Å². The van der Waals surface area contributed by atoms with Gasteiger partial charge in [0, 0.05) is 5.56 Å². The summed E-state index contributed by atoms with van der Waals surface area (Å²) in [5, 5.41) is 8.12. The molecule has 0 bridgehead atoms. The van der Waals surface area contributed by atoms with E-state index >= 15 is 0 Å². The lowest BCUT2D eigenvalue weighted by molar-refractivity contribution is 0.0967. The molecule has 0 amide bonds. The molecule has 0 aliphatic carbocycles. The van der Waals surface area contributed by atoms with Crippen LogP contribution < -0.4 is 14.2 Å². The molecule has 32 heavy (non-hydrogen) atoms. The SMILES string of the molecule is COc1ccc(C(=O)Cn2cc(COc3ccc(-c4ccc(OC)cc4)cc3)nn2)cc1. The number of carbonyl (C=O) groups excluding carboxylic acids is 1. The first-order valence-electron chi connectivity index (χ1n) is 10.1. The zero-order valence-corrected chi connectivity index (χ0v) is 17.9. The molecule has 3 aromatic carbocycles. The van der Waals surface area contributed by atoms with Crippen molar-refractivity contribution in [2.75, 3.05) is 14.2 Å². The molecule has 0 radical (unpaired) electrons. The largest absolute Gasteiger partial charge is 0.497 e. The van der Waals surface area contributed by atoms with E-state index < -0.39 is 0 Å². The van der Waals surface area contributed by atoms with Crippen molar-refractivity contribution in [3.63, 3.8) is 0 Å². The molecule has 0 atom stereocenters. The van der Waals surface area contributed by atoms with Crippen LogP contribution in [0.3, 0.4) is 0 Å². The molecule has 0 spiro atoms. The van der Waals surface area contributed by atoms with Crippen LogP contribution in [0.4, 0.5) is 0 Å². The Labute approximate surface area is 186 Å². The third-order valence-electron chi connectivity index (χ3n) is 4.97. The number of hydrogen-bond donors (Lipinski definition) is 0. The molecule has 1 heterocycles. The quantitative estimate of drug-likeness (QED) is 0.367. The van der Waals surface area contributed by atoms with Crippen LogP contribution in [0.1, 0.15) is 16.1 Å². The number of carbonyl (C=O) groups is 1. The number of benzene rings is 3. The molecule has 1 aromatic heterocycles. The van der Waals surface area contributed by atoms with Crippen molar-refractivity contribution < 1.29 is 19.0 Å². The van der Waals surface area contributed by atoms with E-state index in [9.17, 15) is 4.79 Å². The Morgan fingerprint density at radius 3 is 1.88 bits per heavy atom. The van der Waals surface area contributed by atoms with Gasteiger partial charge < -0.3 is 14.2 Å². The van der Waals surface area contributed by atoms with E-state index in [1.165, 1.54) is 4.68 Å². The predicted molar refractivity (Wildman–Crippen MR) is 120 cm³/mol. The van der Waals surface area contributed by atoms with Gasteiger partial charge in [-0.15, -0.1) is 5.10 Å². The number of Topliss-reactive ketones (excluding diaryl/α,β-unsaturated/α-hetero) is 1. The fourth-order valence-electron chi connectivity index (χ4n) is 3.18. The maximum Gasteiger partial charge on any atom is 0.184 e. The van der Waals surface area contributed by atoms with Crippen molar-refractivity contribution in [2.24, 2.45) is 0 Å². The topological polar surface area (TPSA) is 75.5 Å². The molecule has 0 N–H and O–H groups in total. The molecule has 0 aliphatic heterocycles. The van der Waals surface area contributed by atoms with Crippen LogP contribution in [0, 0.1) is 0 Å². The Hall–Kier alpha value is -4.13. The second-order valence-corrected chi connectivity index (χ2v) is 7.10. The van der Waals surface area contributed by atoms with Crippen molar-refractivity contribution in [1.29, 1.82) is 0 Å². The third kappa shape index (κ3) is 5.13. The summed E-state index contributed by atoms with van der Waals surface area (Å²) in [4.78, 5) is 12.4. The van der Waals surface area contributed by atoms with Gasteiger partial charge >= 0.3 is 0 Å². The Morgan fingerprint density at radius 2 is 1.31 bits per heavy atom. The molecule has 0 saturated heterocycles. The van der Waals surface area contributed by atoms with Crippen LogP contribution in [-0.4, -0.2) is 35.0 Å². The number of aromatic nitrogens is 3. The molecule has 0 saturated carbocycles. The van der Waals surface area contributed by atoms with Gasteiger partial charge in [0.05, 0.1) is 20.4 Å². The van der Waals surface area contributed by atoms with Gasteiger partial charge in [-0.1, -0.05) is 29.5 Å². The highest BCUT2D eigenvalue weighted by Crippen LogP contribution is 2.24. The van der Waals surface area contributed by atoms with Crippen LogP contribution >= 0.6 is 0 Å². The fourth-order valence-corrected chi connectivity index (χ4v) is 3.18. The summed E-state index contributed by atoms with van der Waals surface area (Å²) in [5.74, 6) is 2.21. The highest BCUT2D eigenvalue weighted by molar-refractivity contribution is 5.95. The first-order chi connectivity index (χ1) is 15.6. The second-order valence-electron chi connectivity index (χ2n) is 7.10. The molecule has 0 aliphatic rings. The number of ether oxygens (including phenoxy) is 3. The molecule has 4 aromatic rings. The zero-order chi connectivity index (χ0) is 22.3. The molecule has 7 nitrogen and oxygen atoms in total. The van der Waals surface area contributed by atoms with E-state index in [4.69, 9.17) is 14.2 Å². The smallest absolute Gasteiger partial charge is 0.184 e. The van der Waals surface area contributed by atoms with Crippen molar-refractivity contribution >= 4 is 5.78 Å². The molecule has 162 valence electrons. The predicted octanol–water partition coefficient (Wildman–Crippen LogP) is 4.42. The van der Waals surface area contributed by atoms with E-state index in [0.29, 0.717) is 17.0 Å². The maximum atomic E-state index is 12.4. The standard InChI is InChI=1S/C25H23N3O4/c1-30-22-9-3-18(4-10-22)19-5-13-24(14-6-19)32-17-21-15-28(27-26-21)16-25(29)20-7-11-23(31-2)12-8-20/h3-15H,16-17H2,1-2H3. The monoisotopic (exact) mass is 429 g/mol. The molecule has 4 rings (SSSR count). The molecule has 0 fully saturated rings. The van der Waals surface area contributed by atoms with Crippen molar-refractivity contribution in [2.45, 2.75) is 13.2 Å².